The van der Waals surface area contributed by atoms with Crippen LogP contribution in [0.3, 0.4) is 0 Å². The number of piperidine rings is 2. The molecule has 0 aliphatic carbocycles. The van der Waals surface area contributed by atoms with E-state index in [-0.39, 0.29) is 29.9 Å². The van der Waals surface area contributed by atoms with Gasteiger partial charge in [-0.25, -0.2) is 15.4 Å². The van der Waals surface area contributed by atoms with E-state index in [1.807, 2.05) is 47.9 Å². The lowest BCUT2D eigenvalue weighted by Crippen LogP contribution is -2.62. The van der Waals surface area contributed by atoms with Crippen LogP contribution in [0.15, 0.2) is 36.5 Å². The van der Waals surface area contributed by atoms with Crippen LogP contribution in [0, 0.1) is 35.5 Å². The van der Waals surface area contributed by atoms with Crippen molar-refractivity contribution in [2.75, 3.05) is 54.4 Å². The highest BCUT2D eigenvalue weighted by molar-refractivity contribution is 7.99. The van der Waals surface area contributed by atoms with Crippen LogP contribution in [-0.4, -0.2) is 88.7 Å². The van der Waals surface area contributed by atoms with Crippen LogP contribution in [-0.2, 0) is 4.79 Å². The Hall–Kier alpha value is -3.84. The third-order valence-electron chi connectivity index (χ3n) is 9.32. The first kappa shape index (κ1) is 29.2. The van der Waals surface area contributed by atoms with Crippen molar-refractivity contribution < 1.29 is 9.59 Å². The normalized spacial score (nSPS) is 25.3. The highest BCUT2D eigenvalue weighted by atomic mass is 32.2. The number of hydrogen-bond donors (Lipinski definition) is 3. The van der Waals surface area contributed by atoms with Crippen LogP contribution in [0.4, 0.5) is 11.5 Å². The van der Waals surface area contributed by atoms with Crippen LogP contribution in [0.25, 0.3) is 0 Å². The summed E-state index contributed by atoms with van der Waals surface area (Å²) in [4.78, 5) is 35.0. The molecule has 4 fully saturated rings. The Balaban J connectivity index is 1.20. The van der Waals surface area contributed by atoms with Gasteiger partial charge in [0.15, 0.2) is 0 Å². The van der Waals surface area contributed by atoms with Gasteiger partial charge < -0.3 is 20.4 Å². The highest BCUT2D eigenvalue weighted by Gasteiger charge is 2.55. The SMILES string of the molecule is Cc1cc(NC2NN(C3(CC#N)CCN(c4ccc(C#N)cn4)CC3)C3CCNC(=O)C23)ccc1C(=O)N1CCSCC1. The van der Waals surface area contributed by atoms with E-state index in [0.717, 1.165) is 60.9 Å². The van der Waals surface area contributed by atoms with Gasteiger partial charge in [0.25, 0.3) is 5.91 Å². The molecule has 0 saturated carbocycles. The van der Waals surface area contributed by atoms with Crippen LogP contribution < -0.4 is 21.0 Å². The molecule has 0 spiro atoms. The van der Waals surface area contributed by atoms with Crippen molar-refractivity contribution in [1.82, 2.24) is 25.6 Å². The quantitative estimate of drug-likeness (QED) is 0.454. The summed E-state index contributed by atoms with van der Waals surface area (Å²) in [6, 6.07) is 13.9. The number of aromatic nitrogens is 1. The summed E-state index contributed by atoms with van der Waals surface area (Å²) in [5.41, 5.74) is 6.19. The zero-order valence-corrected chi connectivity index (χ0v) is 25.2. The number of rotatable bonds is 6. The summed E-state index contributed by atoms with van der Waals surface area (Å²) in [7, 11) is 0. The Bertz CT molecular complexity index is 1440. The van der Waals surface area contributed by atoms with E-state index in [9.17, 15) is 14.9 Å². The zero-order valence-electron chi connectivity index (χ0n) is 24.4. The predicted molar refractivity (Wildman–Crippen MR) is 165 cm³/mol. The molecule has 0 radical (unpaired) electrons. The molecule has 5 heterocycles. The molecule has 43 heavy (non-hydrogen) atoms. The van der Waals surface area contributed by atoms with Gasteiger partial charge in [-0.3, -0.25) is 9.59 Å². The van der Waals surface area contributed by atoms with E-state index in [4.69, 9.17) is 5.26 Å². The van der Waals surface area contributed by atoms with Crippen LogP contribution >= 0.6 is 11.8 Å². The Morgan fingerprint density at radius 2 is 1.95 bits per heavy atom. The van der Waals surface area contributed by atoms with Gasteiger partial charge in [-0.1, -0.05) is 0 Å². The number of fused-ring (bicyclic) bond motifs is 1. The number of carbonyl (C=O) groups excluding carboxylic acids is 2. The molecule has 6 rings (SSSR count). The number of nitriles is 2. The summed E-state index contributed by atoms with van der Waals surface area (Å²) >= 11 is 1.88. The Kier molecular flexibility index (Phi) is 8.44. The standard InChI is InChI=1S/C31H37N9O2S/c1-21-18-23(3-4-24(21)30(42)39-14-16-43-17-15-39)36-28-27-25(6-11-34-29(27)41)40(37-28)31(7-10-32)8-12-38(13-9-31)26-5-2-22(19-33)20-35-26/h2-5,18,20,25,27-28,36-37H,6-9,11-17H2,1H3,(H,34,41). The summed E-state index contributed by atoms with van der Waals surface area (Å²) in [5, 5.41) is 27.9. The molecule has 2 aromatic rings. The van der Waals surface area contributed by atoms with E-state index < -0.39 is 5.54 Å². The predicted octanol–water partition coefficient (Wildman–Crippen LogP) is 2.47. The third kappa shape index (κ3) is 5.75. The third-order valence-corrected chi connectivity index (χ3v) is 10.3. The summed E-state index contributed by atoms with van der Waals surface area (Å²) < 4.78 is 0. The highest BCUT2D eigenvalue weighted by Crippen LogP contribution is 2.41. The van der Waals surface area contributed by atoms with Gasteiger partial charge in [0.2, 0.25) is 5.91 Å². The molecule has 4 saturated heterocycles. The molecular formula is C31H37N9O2S. The maximum atomic E-state index is 13.3. The van der Waals surface area contributed by atoms with E-state index in [2.05, 4.69) is 43.1 Å². The van der Waals surface area contributed by atoms with Gasteiger partial charge in [-0.05, 0) is 62.1 Å². The number of nitrogens with zero attached hydrogens (tertiary/aromatic N) is 6. The average Bonchev–Trinajstić information content (AvgIpc) is 3.42. The lowest BCUT2D eigenvalue weighted by molar-refractivity contribution is -0.128. The second-order valence-corrected chi connectivity index (χ2v) is 13.0. The first-order chi connectivity index (χ1) is 20.9. The number of thioether (sulfide) groups is 1. The van der Waals surface area contributed by atoms with Crippen LogP contribution in [0.1, 0.15) is 47.2 Å². The molecule has 4 aliphatic rings. The summed E-state index contributed by atoms with van der Waals surface area (Å²) in [6.45, 7) is 5.53. The molecule has 0 bridgehead atoms. The fourth-order valence-corrected chi connectivity index (χ4v) is 7.87. The van der Waals surface area contributed by atoms with Gasteiger partial charge in [0.1, 0.15) is 18.1 Å². The molecule has 3 unspecified atom stereocenters. The lowest BCUT2D eigenvalue weighted by atomic mass is 9.81. The average molecular weight is 600 g/mol. The van der Waals surface area contributed by atoms with Crippen molar-refractivity contribution >= 4 is 35.1 Å². The van der Waals surface area contributed by atoms with E-state index in [0.29, 0.717) is 37.2 Å². The zero-order chi connectivity index (χ0) is 30.0. The maximum absolute atomic E-state index is 13.3. The number of benzene rings is 1. The number of aryl methyl sites for hydroxylation is 1. The molecule has 4 aliphatic heterocycles. The van der Waals surface area contributed by atoms with Gasteiger partial charge >= 0.3 is 0 Å². The van der Waals surface area contributed by atoms with Gasteiger partial charge in [0, 0.05) is 67.7 Å². The molecule has 1 aromatic heterocycles. The molecular weight excluding hydrogens is 562 g/mol. The van der Waals surface area contributed by atoms with Crippen molar-refractivity contribution in [1.29, 1.82) is 10.5 Å². The number of anilines is 2. The summed E-state index contributed by atoms with van der Waals surface area (Å²) in [5.74, 6) is 2.50. The van der Waals surface area contributed by atoms with Gasteiger partial charge in [-0.2, -0.15) is 22.3 Å². The van der Waals surface area contributed by atoms with Gasteiger partial charge in [0.05, 0.1) is 29.5 Å². The molecule has 11 nitrogen and oxygen atoms in total. The first-order valence-corrected chi connectivity index (χ1v) is 16.1. The number of nitrogens with one attached hydrogen (secondary N) is 3. The van der Waals surface area contributed by atoms with E-state index in [1.165, 1.54) is 0 Å². The van der Waals surface area contributed by atoms with E-state index >= 15 is 0 Å². The number of hydrogen-bond acceptors (Lipinski definition) is 10. The minimum atomic E-state index is -0.437. The smallest absolute Gasteiger partial charge is 0.254 e. The molecule has 3 atom stereocenters. The van der Waals surface area contributed by atoms with Crippen molar-refractivity contribution in [2.45, 2.75) is 50.4 Å². The van der Waals surface area contributed by atoms with Crippen molar-refractivity contribution in [3.63, 3.8) is 0 Å². The van der Waals surface area contributed by atoms with Crippen molar-refractivity contribution in [3.05, 3.63) is 53.2 Å². The molecule has 2 amide bonds. The van der Waals surface area contributed by atoms with Crippen LogP contribution in [0.2, 0.25) is 0 Å². The Morgan fingerprint density at radius 1 is 1.16 bits per heavy atom. The van der Waals surface area contributed by atoms with Gasteiger partial charge in [-0.15, -0.1) is 0 Å². The fourth-order valence-electron chi connectivity index (χ4n) is 6.97. The molecule has 3 N–H and O–H groups in total. The minimum Gasteiger partial charge on any atom is -0.368 e. The van der Waals surface area contributed by atoms with Crippen molar-refractivity contribution in [2.24, 2.45) is 5.92 Å². The number of pyridine rings is 1. The Morgan fingerprint density at radius 3 is 2.63 bits per heavy atom. The minimum absolute atomic E-state index is 0.00145. The number of hydrazine groups is 1. The van der Waals surface area contributed by atoms with Crippen molar-refractivity contribution in [3.8, 4) is 12.1 Å². The second kappa shape index (κ2) is 12.4. The molecule has 224 valence electrons. The largest absolute Gasteiger partial charge is 0.368 e. The maximum Gasteiger partial charge on any atom is 0.254 e. The number of amides is 2. The summed E-state index contributed by atoms with van der Waals surface area (Å²) in [6.07, 6.45) is 3.83. The van der Waals surface area contributed by atoms with Crippen LogP contribution in [0.5, 0.6) is 0 Å². The monoisotopic (exact) mass is 599 g/mol. The Labute approximate surface area is 256 Å². The lowest BCUT2D eigenvalue weighted by Gasteiger charge is -2.49. The molecule has 12 heteroatoms. The second-order valence-electron chi connectivity index (χ2n) is 11.8. The van der Waals surface area contributed by atoms with E-state index in [1.54, 1.807) is 12.3 Å². The topological polar surface area (TPSA) is 140 Å². The fraction of sp³-hybridized carbons (Fsp3) is 0.516. The number of carbonyl (C=O) groups is 2. The molecule has 1 aromatic carbocycles. The first-order valence-electron chi connectivity index (χ1n) is 15.0.